The smallest absolute Gasteiger partial charge is 0.326 e. The number of nitrogens with one attached hydrogen (secondary N) is 2. The fourth-order valence-electron chi connectivity index (χ4n) is 5.77. The van der Waals surface area contributed by atoms with Crippen molar-refractivity contribution in [2.24, 2.45) is 0 Å². The van der Waals surface area contributed by atoms with E-state index in [4.69, 9.17) is 67.1 Å². The van der Waals surface area contributed by atoms with Gasteiger partial charge in [0.25, 0.3) is 0 Å². The van der Waals surface area contributed by atoms with Crippen molar-refractivity contribution in [3.8, 4) is 0 Å². The topological polar surface area (TPSA) is 261 Å². The van der Waals surface area contributed by atoms with Crippen molar-refractivity contribution < 1.29 is 91.0 Å². The number of amides is 2. The average molecular weight is 971 g/mol. The minimum Gasteiger partial charge on any atom is -0.481 e. The number of unbranched alkanes of at least 4 members (excludes halogenated alkanes) is 9. The number of ether oxygens (including phenoxy) is 12. The van der Waals surface area contributed by atoms with Crippen molar-refractivity contribution in [2.45, 2.75) is 102 Å². The second kappa shape index (κ2) is 54.0. The van der Waals surface area contributed by atoms with Crippen LogP contribution in [0.2, 0.25) is 0 Å². The summed E-state index contributed by atoms with van der Waals surface area (Å²) in [6, 6.07) is -1.09. The molecule has 0 spiro atoms. The highest BCUT2D eigenvalue weighted by Gasteiger charge is 2.19. The first-order chi connectivity index (χ1) is 32.9. The van der Waals surface area contributed by atoms with E-state index >= 15 is 0 Å². The lowest BCUT2D eigenvalue weighted by atomic mass is 10.1. The maximum absolute atomic E-state index is 12.0. The molecule has 21 nitrogen and oxygen atoms in total. The number of aliphatic carboxylic acids is 2. The van der Waals surface area contributed by atoms with Gasteiger partial charge in [0.05, 0.1) is 159 Å². The van der Waals surface area contributed by atoms with Gasteiger partial charge in [-0.25, -0.2) is 4.79 Å². The Hall–Kier alpha value is -2.93. The van der Waals surface area contributed by atoms with Gasteiger partial charge in [-0.15, -0.1) is 0 Å². The van der Waals surface area contributed by atoms with Crippen LogP contribution in [0.5, 0.6) is 0 Å². The van der Waals surface area contributed by atoms with Crippen LogP contribution in [0.15, 0.2) is 0 Å². The molecule has 1 unspecified atom stereocenters. The van der Waals surface area contributed by atoms with Gasteiger partial charge in [-0.05, 0) is 19.3 Å². The number of hydrogen-bond donors (Lipinski definition) is 4. The van der Waals surface area contributed by atoms with Crippen LogP contribution in [-0.2, 0) is 80.8 Å². The van der Waals surface area contributed by atoms with E-state index in [1.807, 2.05) is 0 Å². The van der Waals surface area contributed by atoms with E-state index in [1.165, 1.54) is 25.7 Å². The number of aldehydes is 1. The van der Waals surface area contributed by atoms with E-state index in [9.17, 15) is 24.0 Å². The van der Waals surface area contributed by atoms with Crippen LogP contribution in [0, 0.1) is 0 Å². The van der Waals surface area contributed by atoms with Crippen LogP contribution in [0.25, 0.3) is 0 Å². The first-order valence-electron chi connectivity index (χ1n) is 24.2. The molecule has 1 atom stereocenters. The maximum Gasteiger partial charge on any atom is 0.326 e. The van der Waals surface area contributed by atoms with Gasteiger partial charge in [-0.3, -0.25) is 14.4 Å². The van der Waals surface area contributed by atoms with Crippen LogP contribution in [-0.4, -0.2) is 211 Å². The first-order valence-corrected chi connectivity index (χ1v) is 24.2. The lowest BCUT2D eigenvalue weighted by Crippen LogP contribution is -2.41. The molecule has 0 heterocycles. The van der Waals surface area contributed by atoms with E-state index in [1.54, 1.807) is 0 Å². The summed E-state index contributed by atoms with van der Waals surface area (Å²) in [6.45, 7) is 10.7. The van der Waals surface area contributed by atoms with E-state index in [2.05, 4.69) is 10.6 Å². The van der Waals surface area contributed by atoms with Gasteiger partial charge in [-0.2, -0.15) is 0 Å². The summed E-state index contributed by atoms with van der Waals surface area (Å²) in [5, 5.41) is 23.0. The number of carbonyl (C=O) groups is 5. The molecule has 67 heavy (non-hydrogen) atoms. The van der Waals surface area contributed by atoms with Crippen LogP contribution in [0.4, 0.5) is 0 Å². The largest absolute Gasteiger partial charge is 0.481 e. The molecule has 0 rings (SSSR count). The summed E-state index contributed by atoms with van der Waals surface area (Å²) in [4.78, 5) is 55.8. The molecule has 2 amide bonds. The Bertz CT molecular complexity index is 1130. The van der Waals surface area contributed by atoms with Gasteiger partial charge in [0, 0.05) is 32.2 Å². The van der Waals surface area contributed by atoms with Gasteiger partial charge < -0.3 is 82.5 Å². The molecular formula is C46H86N2O19. The Kier molecular flexibility index (Phi) is 51.7. The van der Waals surface area contributed by atoms with Crippen molar-refractivity contribution in [1.29, 1.82) is 0 Å². The van der Waals surface area contributed by atoms with Gasteiger partial charge in [0.1, 0.15) is 12.3 Å². The molecule has 0 radical (unpaired) electrons. The number of carboxylic acids is 2. The predicted octanol–water partition coefficient (Wildman–Crippen LogP) is 3.01. The Morgan fingerprint density at radius 1 is 0.373 bits per heavy atom. The van der Waals surface area contributed by atoms with Gasteiger partial charge >= 0.3 is 11.9 Å². The van der Waals surface area contributed by atoms with E-state index in [-0.39, 0.29) is 44.8 Å². The number of carbonyl (C=O) groups excluding carboxylic acids is 3. The summed E-state index contributed by atoms with van der Waals surface area (Å²) in [7, 11) is 0. The Labute approximate surface area is 398 Å². The molecule has 0 saturated carbocycles. The highest BCUT2D eigenvalue weighted by molar-refractivity contribution is 5.83. The quantitative estimate of drug-likeness (QED) is 0.0504. The van der Waals surface area contributed by atoms with Gasteiger partial charge in [-0.1, -0.05) is 51.4 Å². The average Bonchev–Trinajstić information content (AvgIpc) is 3.31. The maximum atomic E-state index is 12.0. The summed E-state index contributed by atoms with van der Waals surface area (Å²) < 4.78 is 65.6. The van der Waals surface area contributed by atoms with Crippen molar-refractivity contribution in [2.75, 3.05) is 165 Å². The normalized spacial score (nSPS) is 11.8. The van der Waals surface area contributed by atoms with Crippen molar-refractivity contribution in [3.63, 3.8) is 0 Å². The zero-order valence-electron chi connectivity index (χ0n) is 40.3. The Morgan fingerprint density at radius 3 is 0.985 bits per heavy atom. The summed E-state index contributed by atoms with van der Waals surface area (Å²) in [5.41, 5.74) is 0. The second-order valence-electron chi connectivity index (χ2n) is 15.1. The molecule has 394 valence electrons. The third-order valence-corrected chi connectivity index (χ3v) is 9.39. The van der Waals surface area contributed by atoms with Crippen molar-refractivity contribution in [3.05, 3.63) is 0 Å². The van der Waals surface area contributed by atoms with Crippen LogP contribution in [0.1, 0.15) is 96.3 Å². The van der Waals surface area contributed by atoms with E-state index in [0.29, 0.717) is 165 Å². The highest BCUT2D eigenvalue weighted by atomic mass is 16.6. The molecular weight excluding hydrogens is 885 g/mol. The Morgan fingerprint density at radius 2 is 0.672 bits per heavy atom. The van der Waals surface area contributed by atoms with E-state index in [0.717, 1.165) is 38.5 Å². The predicted molar refractivity (Wildman–Crippen MR) is 245 cm³/mol. The number of hydrogen-bond acceptors (Lipinski definition) is 17. The molecule has 0 aliphatic carbocycles. The third kappa shape index (κ3) is 53.9. The molecule has 21 heteroatoms. The molecule has 0 aromatic rings. The third-order valence-electron chi connectivity index (χ3n) is 9.39. The van der Waals surface area contributed by atoms with Gasteiger partial charge in [0.15, 0.2) is 0 Å². The Balaban J connectivity index is 3.19. The molecule has 0 fully saturated rings. The fraction of sp³-hybridized carbons (Fsp3) is 0.891. The van der Waals surface area contributed by atoms with Crippen LogP contribution >= 0.6 is 0 Å². The molecule has 0 aromatic heterocycles. The number of rotatable bonds is 57. The molecule has 0 aliphatic heterocycles. The zero-order chi connectivity index (χ0) is 48.8. The van der Waals surface area contributed by atoms with Crippen LogP contribution in [0.3, 0.4) is 0 Å². The SMILES string of the molecule is O=CCCC(NC(=O)CCOCCOCCOCCOCCOCCOCCOCCOCCOCCOCCOCCOCCNC(=O)CCCCCCCCCCCCC(=O)O)C(=O)O. The first kappa shape index (κ1) is 64.1. The zero-order valence-corrected chi connectivity index (χ0v) is 40.3. The lowest BCUT2D eigenvalue weighted by Gasteiger charge is -2.13. The fourth-order valence-corrected chi connectivity index (χ4v) is 5.77. The molecule has 0 aliphatic rings. The van der Waals surface area contributed by atoms with Crippen LogP contribution < -0.4 is 10.6 Å². The van der Waals surface area contributed by atoms with Crippen molar-refractivity contribution in [1.82, 2.24) is 10.6 Å². The lowest BCUT2D eigenvalue weighted by molar-refractivity contribution is -0.142. The monoisotopic (exact) mass is 971 g/mol. The van der Waals surface area contributed by atoms with Gasteiger partial charge in [0.2, 0.25) is 11.8 Å². The number of carboxylic acid groups (broad SMARTS) is 2. The summed E-state index contributed by atoms with van der Waals surface area (Å²) in [5.74, 6) is -2.28. The van der Waals surface area contributed by atoms with Crippen molar-refractivity contribution >= 4 is 30.0 Å². The summed E-state index contributed by atoms with van der Waals surface area (Å²) >= 11 is 0. The minimum absolute atomic E-state index is 0.0106. The minimum atomic E-state index is -1.18. The highest BCUT2D eigenvalue weighted by Crippen LogP contribution is 2.12. The molecule has 0 bridgehead atoms. The van der Waals surface area contributed by atoms with E-state index < -0.39 is 23.9 Å². The molecule has 0 saturated heterocycles. The molecule has 4 N–H and O–H groups in total. The second-order valence-corrected chi connectivity index (χ2v) is 15.1. The standard InChI is InChI=1S/C46H86N2O19/c49-17-11-12-42(46(54)55)48-44(51)15-18-56-20-22-58-24-26-60-28-30-62-32-34-64-36-38-66-40-41-67-39-37-65-35-33-63-31-29-61-27-25-59-23-21-57-19-16-47-43(50)13-9-7-5-3-1-2-4-6-8-10-14-45(52)53/h17,42H,1-16,18-41H2,(H,47,50)(H,48,51)(H,52,53)(H,54,55). The summed E-state index contributed by atoms with van der Waals surface area (Å²) in [6.07, 6.45) is 12.3. The molecule has 0 aromatic carbocycles.